The molecule has 0 spiro atoms. The number of hydrogen-bond donors (Lipinski definition) is 0. The number of alkyl halides is 7. The molecule has 2 unspecified atom stereocenters. The first-order chi connectivity index (χ1) is 18.5. The summed E-state index contributed by atoms with van der Waals surface area (Å²) in [5.41, 5.74) is 0. The molecule has 2 atom stereocenters. The van der Waals surface area contributed by atoms with Crippen molar-refractivity contribution >= 4 is 11.9 Å². The number of carbonyl (C=O) groups is 2. The molecule has 0 amide bonds. The van der Waals surface area contributed by atoms with Crippen LogP contribution in [0.4, 0.5) is 48.3 Å². The topological polar surface area (TPSA) is 98.8 Å². The van der Waals surface area contributed by atoms with Crippen LogP contribution in [-0.4, -0.2) is 69.1 Å². The quantitative estimate of drug-likeness (QED) is 0.0373. The van der Waals surface area contributed by atoms with Crippen molar-refractivity contribution in [3.63, 3.8) is 0 Å². The highest BCUT2D eigenvalue weighted by molar-refractivity contribution is 5.82. The molecule has 0 aliphatic rings. The molecule has 0 bridgehead atoms. The number of allylic oxidation sites excluding steroid dienone is 3. The second-order valence-corrected chi connectivity index (χ2v) is 6.69. The van der Waals surface area contributed by atoms with Crippen LogP contribution in [0.5, 0.6) is 0 Å². The van der Waals surface area contributed by atoms with Gasteiger partial charge in [-0.25, -0.2) is 36.4 Å². The summed E-state index contributed by atoms with van der Waals surface area (Å²) in [6.45, 7) is -0.0406. The monoisotopic (exact) mass is 612 g/mol. The van der Waals surface area contributed by atoms with Gasteiger partial charge in [0, 0.05) is 12.2 Å². The van der Waals surface area contributed by atoms with Crippen molar-refractivity contribution in [1.29, 1.82) is 0 Å². The Bertz CT molecular complexity index is 937. The molecule has 0 saturated carbocycles. The van der Waals surface area contributed by atoms with E-state index in [1.54, 1.807) is 0 Å². The summed E-state index contributed by atoms with van der Waals surface area (Å²) in [5, 5.41) is 7.89. The van der Waals surface area contributed by atoms with Gasteiger partial charge in [-0.05, 0) is 16.5 Å². The lowest BCUT2D eigenvalue weighted by atomic mass is 10.1. The lowest BCUT2D eigenvalue weighted by Gasteiger charge is -2.33. The highest BCUT2D eigenvalue weighted by atomic mass is 19.4. The minimum atomic E-state index is -6.94. The van der Waals surface area contributed by atoms with Gasteiger partial charge in [-0.3, -0.25) is 0 Å². The second-order valence-electron chi connectivity index (χ2n) is 6.69. The fourth-order valence-corrected chi connectivity index (χ4v) is 1.96. The lowest BCUT2D eigenvalue weighted by molar-refractivity contribution is -0.635. The van der Waals surface area contributed by atoms with Crippen LogP contribution in [0.25, 0.3) is 0 Å². The van der Waals surface area contributed by atoms with Gasteiger partial charge in [0.25, 0.3) is 0 Å². The van der Waals surface area contributed by atoms with E-state index in [-0.39, 0.29) is 0 Å². The van der Waals surface area contributed by atoms with Gasteiger partial charge < -0.3 is 14.2 Å². The number of hydrogen-bond acceptors (Lipinski definition) is 9. The maximum absolute atomic E-state index is 14.5. The van der Waals surface area contributed by atoms with E-state index in [1.807, 2.05) is 0 Å². The number of halogens is 11. The van der Waals surface area contributed by atoms with Crippen LogP contribution < -0.4 is 0 Å². The highest BCUT2D eigenvalue weighted by Crippen LogP contribution is 2.51. The van der Waals surface area contributed by atoms with Crippen LogP contribution in [0.1, 0.15) is 6.42 Å². The molecule has 230 valence electrons. The molecule has 0 N–H and O–H groups in total. The van der Waals surface area contributed by atoms with Crippen LogP contribution >= 0.6 is 0 Å². The summed E-state index contributed by atoms with van der Waals surface area (Å²) in [5.74, 6) is -28.3. The maximum Gasteiger partial charge on any atom is 0.460 e. The molecule has 0 aromatic heterocycles. The van der Waals surface area contributed by atoms with Gasteiger partial charge >= 0.3 is 29.9 Å². The number of rotatable bonds is 19. The Balaban J connectivity index is 5.03. The van der Waals surface area contributed by atoms with E-state index < -0.39 is 98.8 Å². The molecule has 40 heavy (non-hydrogen) atoms. The normalized spacial score (nSPS) is 15.8. The van der Waals surface area contributed by atoms with Crippen LogP contribution in [-0.2, 0) is 43.7 Å². The summed E-state index contributed by atoms with van der Waals surface area (Å²) in [6.07, 6.45) is -7.63. The van der Waals surface area contributed by atoms with Crippen LogP contribution in [0, 0.1) is 0 Å². The largest absolute Gasteiger partial charge is 0.460 e. The molecule has 0 rings (SSSR count). The number of ether oxygens (including phenoxy) is 3. The van der Waals surface area contributed by atoms with Crippen molar-refractivity contribution in [2.45, 2.75) is 30.5 Å². The Labute approximate surface area is 217 Å². The van der Waals surface area contributed by atoms with Gasteiger partial charge in [0.1, 0.15) is 19.9 Å². The standard InChI is InChI=1S/C20H19F11O9/c1-3-13(32)34-9-11(38-14(33)4-2)10-37-40-39-36-7-5-6-35-18(26,19(27,28)20(29,30)31)17(25)16(24)15(23)12(22)8-21/h3-4,11H,1-2,5-10H2/b15-12+,17-16+. The first-order valence-corrected chi connectivity index (χ1v) is 10.1. The van der Waals surface area contributed by atoms with E-state index in [1.165, 1.54) is 0 Å². The molecule has 0 heterocycles. The summed E-state index contributed by atoms with van der Waals surface area (Å²) >= 11 is 0. The molecular weight excluding hydrogens is 593 g/mol. The van der Waals surface area contributed by atoms with Gasteiger partial charge in [0.2, 0.25) is 5.83 Å². The first kappa shape index (κ1) is 36.9. The molecule has 0 aromatic rings. The average Bonchev–Trinajstić information content (AvgIpc) is 2.91. The van der Waals surface area contributed by atoms with E-state index in [9.17, 15) is 57.9 Å². The fraction of sp³-hybridized carbons (Fsp3) is 0.500. The summed E-state index contributed by atoms with van der Waals surface area (Å²) in [7, 11) is 0. The minimum absolute atomic E-state index is 0.564. The smallest absolute Gasteiger partial charge is 0.458 e. The molecule has 0 aromatic carbocycles. The van der Waals surface area contributed by atoms with Crippen molar-refractivity contribution < 1.29 is 91.9 Å². The Kier molecular flexibility index (Phi) is 15.6. The van der Waals surface area contributed by atoms with E-state index >= 15 is 0 Å². The fourth-order valence-electron chi connectivity index (χ4n) is 1.96. The zero-order valence-corrected chi connectivity index (χ0v) is 19.7. The molecule has 20 heteroatoms. The molecular formula is C20H19F11O9. The van der Waals surface area contributed by atoms with Crippen molar-refractivity contribution in [3.8, 4) is 0 Å². The molecule has 9 nitrogen and oxygen atoms in total. The van der Waals surface area contributed by atoms with E-state index in [4.69, 9.17) is 4.74 Å². The van der Waals surface area contributed by atoms with Crippen LogP contribution in [0.15, 0.2) is 48.6 Å². The molecule has 0 aliphatic heterocycles. The second kappa shape index (κ2) is 16.9. The van der Waals surface area contributed by atoms with Crippen molar-refractivity contribution in [2.24, 2.45) is 0 Å². The Morgan fingerprint density at radius 3 is 1.90 bits per heavy atom. The number of esters is 2. The Morgan fingerprint density at radius 2 is 1.38 bits per heavy atom. The van der Waals surface area contributed by atoms with Crippen molar-refractivity contribution in [1.82, 2.24) is 0 Å². The number of carbonyl (C=O) groups excluding carboxylic acids is 2. The van der Waals surface area contributed by atoms with Crippen LogP contribution in [0.2, 0.25) is 0 Å². The minimum Gasteiger partial charge on any atom is -0.458 e. The zero-order chi connectivity index (χ0) is 31.1. The SMILES string of the molecule is C=CC(=O)OCC(COOOOCCCOC(F)(/C(F)=C(F)/C(F)=C(\F)CF)C(F)(F)C(F)(F)F)OC(=O)C=C. The summed E-state index contributed by atoms with van der Waals surface area (Å²) in [4.78, 5) is 30.8. The molecule has 0 fully saturated rings. The predicted molar refractivity (Wildman–Crippen MR) is 105 cm³/mol. The average molecular weight is 612 g/mol. The maximum atomic E-state index is 14.5. The van der Waals surface area contributed by atoms with Crippen LogP contribution in [0.3, 0.4) is 0 Å². The third-order valence-electron chi connectivity index (χ3n) is 3.86. The molecule has 0 radical (unpaired) electrons. The van der Waals surface area contributed by atoms with Crippen molar-refractivity contribution in [2.75, 3.05) is 33.1 Å². The van der Waals surface area contributed by atoms with Crippen molar-refractivity contribution in [3.05, 3.63) is 48.6 Å². The molecule has 0 saturated heterocycles. The molecule has 0 aliphatic carbocycles. The van der Waals surface area contributed by atoms with Gasteiger partial charge in [-0.1, -0.05) is 13.2 Å². The first-order valence-electron chi connectivity index (χ1n) is 10.1. The Hall–Kier alpha value is -3.07. The highest BCUT2D eigenvalue weighted by Gasteiger charge is 2.75. The summed E-state index contributed by atoms with van der Waals surface area (Å²) in [6, 6.07) is 0. The van der Waals surface area contributed by atoms with E-state index in [0.29, 0.717) is 0 Å². The summed E-state index contributed by atoms with van der Waals surface area (Å²) < 4.78 is 158. The predicted octanol–water partition coefficient (Wildman–Crippen LogP) is 5.17. The third kappa shape index (κ3) is 10.8. The van der Waals surface area contributed by atoms with E-state index in [2.05, 4.69) is 42.5 Å². The zero-order valence-electron chi connectivity index (χ0n) is 19.7. The van der Waals surface area contributed by atoms with Gasteiger partial charge in [-0.15, -0.1) is 0 Å². The van der Waals surface area contributed by atoms with Gasteiger partial charge in [0.15, 0.2) is 23.6 Å². The third-order valence-corrected chi connectivity index (χ3v) is 3.86. The van der Waals surface area contributed by atoms with Gasteiger partial charge in [-0.2, -0.15) is 31.2 Å². The van der Waals surface area contributed by atoms with E-state index in [0.717, 1.165) is 12.2 Å². The Morgan fingerprint density at radius 1 is 0.800 bits per heavy atom. The lowest BCUT2D eigenvalue weighted by Crippen LogP contribution is -2.56. The van der Waals surface area contributed by atoms with Gasteiger partial charge in [0.05, 0.1) is 13.2 Å².